The molecule has 1 heterocycles. The van der Waals surface area contributed by atoms with Crippen molar-refractivity contribution in [2.24, 2.45) is 0 Å². The molecule has 0 atom stereocenters. The topological polar surface area (TPSA) is 43.8 Å². The third-order valence-electron chi connectivity index (χ3n) is 3.69. The molecule has 3 nitrogen and oxygen atoms in total. The molecule has 1 rings (SSSR count). The Labute approximate surface area is 112 Å². The van der Waals surface area contributed by atoms with Gasteiger partial charge in [-0.2, -0.15) is 0 Å². The number of hydrogen-bond acceptors (Lipinski definition) is 2. The van der Waals surface area contributed by atoms with Crippen LogP contribution in [0.4, 0.5) is 5.82 Å². The van der Waals surface area contributed by atoms with Crippen molar-refractivity contribution in [2.75, 3.05) is 5.73 Å². The quantitative estimate of drug-likeness (QED) is 0.785. The molecule has 18 heavy (non-hydrogen) atoms. The van der Waals surface area contributed by atoms with Crippen LogP contribution in [0.3, 0.4) is 0 Å². The normalized spacial score (nSPS) is 11.7. The molecule has 0 saturated carbocycles. The fraction of sp³-hybridized carbons (Fsp3) is 0.800. The summed E-state index contributed by atoms with van der Waals surface area (Å²) < 4.78 is 2.24. The number of nitrogens with two attached hydrogens (primary N) is 1. The van der Waals surface area contributed by atoms with Crippen LogP contribution in [0.15, 0.2) is 0 Å². The molecule has 0 spiro atoms. The van der Waals surface area contributed by atoms with Crippen molar-refractivity contribution in [3.05, 3.63) is 11.5 Å². The summed E-state index contributed by atoms with van der Waals surface area (Å²) in [6.45, 7) is 12.0. The van der Waals surface area contributed by atoms with E-state index in [9.17, 15) is 0 Å². The fourth-order valence-corrected chi connectivity index (χ4v) is 2.47. The van der Waals surface area contributed by atoms with Crippen LogP contribution >= 0.6 is 0 Å². The SMILES string of the molecule is CCCCn1c(C(C)C)nc(C(CC)CC)c1N. The lowest BCUT2D eigenvalue weighted by molar-refractivity contribution is 0.588. The van der Waals surface area contributed by atoms with Gasteiger partial charge >= 0.3 is 0 Å². The van der Waals surface area contributed by atoms with E-state index in [0.29, 0.717) is 11.8 Å². The molecule has 1 aromatic rings. The molecule has 0 amide bonds. The van der Waals surface area contributed by atoms with Gasteiger partial charge in [0.15, 0.2) is 0 Å². The molecule has 0 saturated heterocycles. The number of nitrogens with zero attached hydrogens (tertiary/aromatic N) is 2. The molecule has 0 radical (unpaired) electrons. The van der Waals surface area contributed by atoms with Crippen molar-refractivity contribution in [3.8, 4) is 0 Å². The molecule has 1 aromatic heterocycles. The largest absolute Gasteiger partial charge is 0.384 e. The Balaban J connectivity index is 3.14. The van der Waals surface area contributed by atoms with Crippen molar-refractivity contribution in [2.45, 2.75) is 78.7 Å². The molecule has 104 valence electrons. The first kappa shape index (κ1) is 15.1. The number of imidazole rings is 1. The highest BCUT2D eigenvalue weighted by molar-refractivity contribution is 5.41. The van der Waals surface area contributed by atoms with Gasteiger partial charge in [0.05, 0.1) is 5.69 Å². The van der Waals surface area contributed by atoms with Crippen LogP contribution < -0.4 is 5.73 Å². The van der Waals surface area contributed by atoms with Crippen molar-refractivity contribution in [3.63, 3.8) is 0 Å². The average molecular weight is 251 g/mol. The van der Waals surface area contributed by atoms with Crippen LogP contribution in [0.25, 0.3) is 0 Å². The monoisotopic (exact) mass is 251 g/mol. The van der Waals surface area contributed by atoms with E-state index in [0.717, 1.165) is 36.7 Å². The van der Waals surface area contributed by atoms with Gasteiger partial charge in [-0.15, -0.1) is 0 Å². The molecule has 3 heteroatoms. The number of anilines is 1. The van der Waals surface area contributed by atoms with Crippen LogP contribution in [-0.2, 0) is 6.54 Å². The standard InChI is InChI=1S/C15H29N3/c1-6-9-10-18-14(16)13(12(7-2)8-3)17-15(18)11(4)5/h11-12H,6-10,16H2,1-5H3. The first-order valence-corrected chi connectivity index (χ1v) is 7.42. The predicted molar refractivity (Wildman–Crippen MR) is 79.0 cm³/mol. The highest BCUT2D eigenvalue weighted by Gasteiger charge is 2.21. The summed E-state index contributed by atoms with van der Waals surface area (Å²) in [6, 6.07) is 0. The number of unbranched alkanes of at least 4 members (excludes halogenated alkanes) is 1. The second kappa shape index (κ2) is 6.81. The molecule has 0 bridgehead atoms. The lowest BCUT2D eigenvalue weighted by Gasteiger charge is -2.12. The van der Waals surface area contributed by atoms with E-state index in [-0.39, 0.29) is 0 Å². The summed E-state index contributed by atoms with van der Waals surface area (Å²) in [6.07, 6.45) is 4.59. The summed E-state index contributed by atoms with van der Waals surface area (Å²) in [5.41, 5.74) is 7.46. The van der Waals surface area contributed by atoms with Gasteiger partial charge in [-0.05, 0) is 19.3 Å². The lowest BCUT2D eigenvalue weighted by atomic mass is 9.99. The zero-order valence-corrected chi connectivity index (χ0v) is 12.7. The Morgan fingerprint density at radius 1 is 1.17 bits per heavy atom. The molecular weight excluding hydrogens is 222 g/mol. The highest BCUT2D eigenvalue weighted by atomic mass is 15.1. The minimum atomic E-state index is 0.437. The van der Waals surface area contributed by atoms with Crippen molar-refractivity contribution in [1.29, 1.82) is 0 Å². The third kappa shape index (κ3) is 3.06. The molecule has 0 fully saturated rings. The predicted octanol–water partition coefficient (Wildman–Crippen LogP) is 4.29. The van der Waals surface area contributed by atoms with Crippen molar-refractivity contribution >= 4 is 5.82 Å². The fourth-order valence-electron chi connectivity index (χ4n) is 2.47. The number of rotatable bonds is 7. The molecule has 0 aliphatic rings. The van der Waals surface area contributed by atoms with Crippen LogP contribution in [-0.4, -0.2) is 9.55 Å². The first-order valence-electron chi connectivity index (χ1n) is 7.42. The van der Waals surface area contributed by atoms with Gasteiger partial charge in [-0.1, -0.05) is 41.0 Å². The van der Waals surface area contributed by atoms with Gasteiger partial charge in [0, 0.05) is 18.4 Å². The molecular formula is C15H29N3. The van der Waals surface area contributed by atoms with Gasteiger partial charge < -0.3 is 10.3 Å². The third-order valence-corrected chi connectivity index (χ3v) is 3.69. The minimum absolute atomic E-state index is 0.437. The smallest absolute Gasteiger partial charge is 0.127 e. The van der Waals surface area contributed by atoms with E-state index >= 15 is 0 Å². The van der Waals surface area contributed by atoms with Gasteiger partial charge in [0.25, 0.3) is 0 Å². The van der Waals surface area contributed by atoms with E-state index in [1.54, 1.807) is 0 Å². The van der Waals surface area contributed by atoms with Crippen molar-refractivity contribution < 1.29 is 0 Å². The average Bonchev–Trinajstić information content (AvgIpc) is 2.67. The Morgan fingerprint density at radius 2 is 1.78 bits per heavy atom. The maximum Gasteiger partial charge on any atom is 0.127 e. The number of hydrogen-bond donors (Lipinski definition) is 1. The van der Waals surface area contributed by atoms with Crippen molar-refractivity contribution in [1.82, 2.24) is 9.55 Å². The van der Waals surface area contributed by atoms with Crippen LogP contribution in [0.5, 0.6) is 0 Å². The lowest BCUT2D eigenvalue weighted by Crippen LogP contribution is -2.09. The van der Waals surface area contributed by atoms with E-state index < -0.39 is 0 Å². The second-order valence-electron chi connectivity index (χ2n) is 5.41. The highest BCUT2D eigenvalue weighted by Crippen LogP contribution is 2.30. The van der Waals surface area contributed by atoms with E-state index in [4.69, 9.17) is 10.7 Å². The summed E-state index contributed by atoms with van der Waals surface area (Å²) >= 11 is 0. The zero-order valence-electron chi connectivity index (χ0n) is 12.7. The zero-order chi connectivity index (χ0) is 13.7. The van der Waals surface area contributed by atoms with E-state index in [1.807, 2.05) is 0 Å². The van der Waals surface area contributed by atoms with E-state index in [2.05, 4.69) is 39.2 Å². The molecule has 0 aliphatic carbocycles. The Hall–Kier alpha value is -0.990. The molecule has 0 aromatic carbocycles. The van der Waals surface area contributed by atoms with Crippen LogP contribution in [0, 0.1) is 0 Å². The summed E-state index contributed by atoms with van der Waals surface area (Å²) in [5.74, 6) is 3.00. The van der Waals surface area contributed by atoms with Gasteiger partial charge in [-0.3, -0.25) is 0 Å². The summed E-state index contributed by atoms with van der Waals surface area (Å²) in [4.78, 5) is 4.84. The van der Waals surface area contributed by atoms with Gasteiger partial charge in [-0.25, -0.2) is 4.98 Å². The second-order valence-corrected chi connectivity index (χ2v) is 5.41. The summed E-state index contributed by atoms with van der Waals surface area (Å²) in [5, 5.41) is 0. The maximum absolute atomic E-state index is 6.34. The molecule has 2 N–H and O–H groups in total. The van der Waals surface area contributed by atoms with Gasteiger partial charge in [0.2, 0.25) is 0 Å². The first-order chi connectivity index (χ1) is 8.56. The van der Waals surface area contributed by atoms with Crippen LogP contribution in [0.2, 0.25) is 0 Å². The number of nitrogen functional groups attached to an aromatic ring is 1. The van der Waals surface area contributed by atoms with Crippen LogP contribution in [0.1, 0.15) is 83.7 Å². The summed E-state index contributed by atoms with van der Waals surface area (Å²) in [7, 11) is 0. The Bertz CT molecular complexity index is 362. The Morgan fingerprint density at radius 3 is 2.22 bits per heavy atom. The van der Waals surface area contributed by atoms with E-state index in [1.165, 1.54) is 12.8 Å². The maximum atomic E-state index is 6.34. The Kier molecular flexibility index (Phi) is 5.70. The van der Waals surface area contributed by atoms with Gasteiger partial charge in [0.1, 0.15) is 11.6 Å². The molecule has 0 unspecified atom stereocenters. The minimum Gasteiger partial charge on any atom is -0.384 e. The number of aromatic nitrogens is 2. The molecule has 0 aliphatic heterocycles.